The highest BCUT2D eigenvalue weighted by Crippen LogP contribution is 2.46. The Morgan fingerprint density at radius 3 is 1.56 bits per heavy atom. The largest absolute Gasteiger partial charge is 0.310 e. The minimum atomic E-state index is 1.02. The quantitative estimate of drug-likeness (QED) is 0.104. The summed E-state index contributed by atoms with van der Waals surface area (Å²) in [7, 11) is 0. The monoisotopic (exact) mass is 804 g/mol. The highest BCUT2D eigenvalue weighted by Gasteiger charge is 2.20. The minimum absolute atomic E-state index is 1.02. The van der Waals surface area contributed by atoms with E-state index in [9.17, 15) is 0 Å². The third kappa shape index (κ3) is 6.52. The van der Waals surface area contributed by atoms with Crippen molar-refractivity contribution < 1.29 is 0 Å². The lowest BCUT2D eigenvalue weighted by Crippen LogP contribution is -2.09. The van der Waals surface area contributed by atoms with E-state index in [4.69, 9.17) is 0 Å². The summed E-state index contributed by atoms with van der Waals surface area (Å²) in [6, 6.07) is 77.4. The molecular weight excluding hydrogens is 761 g/mol. The van der Waals surface area contributed by atoms with Crippen LogP contribution in [0.3, 0.4) is 0 Å². The zero-order chi connectivity index (χ0) is 42.3. The second-order valence-electron chi connectivity index (χ2n) is 16.0. The molecule has 0 atom stereocenters. The van der Waals surface area contributed by atoms with Crippen molar-refractivity contribution >= 4 is 76.9 Å². The predicted octanol–water partition coefficient (Wildman–Crippen LogP) is 17.3. The molecule has 0 amide bonds. The molecule has 0 bridgehead atoms. The first-order valence-corrected chi connectivity index (χ1v) is 21.7. The summed E-state index contributed by atoms with van der Waals surface area (Å²) in [4.78, 5) is 2.37. The number of para-hydroxylation sites is 1. The minimum Gasteiger partial charge on any atom is -0.310 e. The van der Waals surface area contributed by atoms with Gasteiger partial charge in [-0.1, -0.05) is 176 Å². The van der Waals surface area contributed by atoms with Crippen molar-refractivity contribution in [3.05, 3.63) is 243 Å². The van der Waals surface area contributed by atoms with Gasteiger partial charge in [0.1, 0.15) is 0 Å². The van der Waals surface area contributed by atoms with Gasteiger partial charge in [0, 0.05) is 33.5 Å². The molecule has 11 rings (SSSR count). The van der Waals surface area contributed by atoms with E-state index in [1.807, 2.05) is 13.0 Å². The molecule has 0 aliphatic carbocycles. The van der Waals surface area contributed by atoms with Crippen LogP contribution in [0.1, 0.15) is 6.92 Å². The Morgan fingerprint density at radius 2 is 0.921 bits per heavy atom. The van der Waals surface area contributed by atoms with E-state index in [0.29, 0.717) is 0 Å². The second kappa shape index (κ2) is 16.0. The molecule has 10 aromatic carbocycles. The smallest absolute Gasteiger partial charge is 0.0542 e. The third-order valence-corrected chi connectivity index (χ3v) is 12.5. The van der Waals surface area contributed by atoms with E-state index >= 15 is 0 Å². The summed E-state index contributed by atoms with van der Waals surface area (Å²) >= 11 is 0. The fourth-order valence-electron chi connectivity index (χ4n) is 9.66. The van der Waals surface area contributed by atoms with Gasteiger partial charge < -0.3 is 9.47 Å². The lowest BCUT2D eigenvalue weighted by Gasteiger charge is -2.26. The lowest BCUT2D eigenvalue weighted by molar-refractivity contribution is 1.23. The topological polar surface area (TPSA) is 8.17 Å². The number of anilines is 3. The molecule has 0 spiro atoms. The zero-order valence-electron chi connectivity index (χ0n) is 35.1. The summed E-state index contributed by atoms with van der Waals surface area (Å²) in [5.74, 6) is 0. The normalized spacial score (nSPS) is 12.0. The molecule has 0 saturated carbocycles. The molecule has 0 radical (unpaired) electrons. The van der Waals surface area contributed by atoms with Crippen LogP contribution in [-0.2, 0) is 0 Å². The van der Waals surface area contributed by atoms with Crippen molar-refractivity contribution in [3.63, 3.8) is 0 Å². The second-order valence-corrected chi connectivity index (χ2v) is 16.0. The van der Waals surface area contributed by atoms with Gasteiger partial charge in [-0.25, -0.2) is 0 Å². The third-order valence-electron chi connectivity index (χ3n) is 12.5. The van der Waals surface area contributed by atoms with Crippen molar-refractivity contribution in [1.82, 2.24) is 4.57 Å². The molecule has 11 aromatic rings. The number of rotatable bonds is 9. The van der Waals surface area contributed by atoms with Crippen LogP contribution in [0.4, 0.5) is 17.1 Å². The van der Waals surface area contributed by atoms with Gasteiger partial charge in [0.15, 0.2) is 0 Å². The Hall–Kier alpha value is -8.20. The van der Waals surface area contributed by atoms with Gasteiger partial charge in [0.05, 0.1) is 11.0 Å². The number of hydrogen-bond donors (Lipinski definition) is 0. The summed E-state index contributed by atoms with van der Waals surface area (Å²) in [6.07, 6.45) is 8.22. The van der Waals surface area contributed by atoms with Crippen LogP contribution in [0.2, 0.25) is 0 Å². The fourth-order valence-corrected chi connectivity index (χ4v) is 9.66. The maximum atomic E-state index is 4.26. The van der Waals surface area contributed by atoms with E-state index in [0.717, 1.165) is 33.8 Å². The number of fused-ring (bicyclic) bond motifs is 6. The Balaban J connectivity index is 1.10. The van der Waals surface area contributed by atoms with Crippen LogP contribution in [0.5, 0.6) is 0 Å². The van der Waals surface area contributed by atoms with E-state index in [1.165, 1.54) is 76.5 Å². The van der Waals surface area contributed by atoms with Crippen molar-refractivity contribution in [2.75, 3.05) is 4.90 Å². The molecule has 1 heterocycles. The molecular formula is C61H44N2. The van der Waals surface area contributed by atoms with Crippen LogP contribution in [0.25, 0.3) is 93.2 Å². The van der Waals surface area contributed by atoms with Gasteiger partial charge in [-0.15, -0.1) is 0 Å². The SMILES string of the molecule is C=C/C(=C\C=C/C)n1c2ccc(-c3cccc4ccccc34)cc2c2cc(N(c3ccccc3)c3ccc(-c4c5ccccc5c(-c5ccccc5)c5ccccc45)cc3)ccc21. The van der Waals surface area contributed by atoms with Gasteiger partial charge in [0.2, 0.25) is 0 Å². The molecule has 0 aliphatic rings. The Bertz CT molecular complexity index is 3510. The van der Waals surface area contributed by atoms with Gasteiger partial charge in [-0.2, -0.15) is 0 Å². The first-order valence-electron chi connectivity index (χ1n) is 21.7. The maximum absolute atomic E-state index is 4.26. The molecule has 0 saturated heterocycles. The van der Waals surface area contributed by atoms with E-state index in [1.54, 1.807) is 0 Å². The average Bonchev–Trinajstić information content (AvgIpc) is 3.67. The van der Waals surface area contributed by atoms with Crippen LogP contribution in [-0.4, -0.2) is 4.57 Å². The van der Waals surface area contributed by atoms with Crippen molar-refractivity contribution in [3.8, 4) is 33.4 Å². The molecule has 2 heteroatoms. The van der Waals surface area contributed by atoms with E-state index in [2.05, 4.69) is 247 Å². The highest BCUT2D eigenvalue weighted by molar-refractivity contribution is 6.21. The number of aromatic nitrogens is 1. The molecule has 0 fully saturated rings. The van der Waals surface area contributed by atoms with Crippen LogP contribution >= 0.6 is 0 Å². The number of allylic oxidation sites excluding steroid dienone is 5. The molecule has 1 aromatic heterocycles. The van der Waals surface area contributed by atoms with Gasteiger partial charge >= 0.3 is 0 Å². The number of nitrogens with zero attached hydrogens (tertiary/aromatic N) is 2. The predicted molar refractivity (Wildman–Crippen MR) is 272 cm³/mol. The fraction of sp³-hybridized carbons (Fsp3) is 0.0164. The van der Waals surface area contributed by atoms with Crippen LogP contribution in [0.15, 0.2) is 243 Å². The number of hydrogen-bond acceptors (Lipinski definition) is 1. The summed E-state index contributed by atoms with van der Waals surface area (Å²) in [5.41, 5.74) is 13.9. The van der Waals surface area contributed by atoms with Crippen LogP contribution in [0, 0.1) is 0 Å². The van der Waals surface area contributed by atoms with E-state index in [-0.39, 0.29) is 0 Å². The standard InChI is InChI=1S/C61H44N2/c1-3-5-23-46(4-2)63-58-38-34-45(51-31-18-22-42-19-12-13-26-50(42)51)40-56(58)57-41-49(37-39-59(57)63)62(47-24-10-7-11-25-47)48-35-32-44(33-36-48)61-54-29-16-14-27-52(54)60(43-20-8-6-9-21-43)53-28-15-17-30-55(53)61/h3-41H,2H2,1H3/b5-3-,46-23+. The van der Waals surface area contributed by atoms with Crippen molar-refractivity contribution in [2.45, 2.75) is 6.92 Å². The first-order chi connectivity index (χ1) is 31.2. The maximum Gasteiger partial charge on any atom is 0.0542 e. The number of benzene rings is 10. The average molecular weight is 805 g/mol. The van der Waals surface area contributed by atoms with Gasteiger partial charge in [-0.3, -0.25) is 0 Å². The zero-order valence-corrected chi connectivity index (χ0v) is 35.1. The molecule has 0 unspecified atom stereocenters. The van der Waals surface area contributed by atoms with Crippen molar-refractivity contribution in [1.29, 1.82) is 0 Å². The Morgan fingerprint density at radius 1 is 0.429 bits per heavy atom. The van der Waals surface area contributed by atoms with Gasteiger partial charge in [0.25, 0.3) is 0 Å². The lowest BCUT2D eigenvalue weighted by atomic mass is 9.86. The molecule has 298 valence electrons. The van der Waals surface area contributed by atoms with Crippen LogP contribution < -0.4 is 4.90 Å². The Kier molecular flexibility index (Phi) is 9.60. The molecule has 63 heavy (non-hydrogen) atoms. The summed E-state index contributed by atoms with van der Waals surface area (Å²) < 4.78 is 2.34. The highest BCUT2D eigenvalue weighted by atomic mass is 15.1. The Labute approximate surface area is 368 Å². The summed E-state index contributed by atoms with van der Waals surface area (Å²) in [5, 5.41) is 9.84. The summed E-state index contributed by atoms with van der Waals surface area (Å²) in [6.45, 7) is 6.30. The van der Waals surface area contributed by atoms with Crippen molar-refractivity contribution in [2.24, 2.45) is 0 Å². The molecule has 2 nitrogen and oxygen atoms in total. The first kappa shape index (κ1) is 37.8. The van der Waals surface area contributed by atoms with E-state index < -0.39 is 0 Å². The molecule has 0 N–H and O–H groups in total. The molecule has 0 aliphatic heterocycles. The van der Waals surface area contributed by atoms with Gasteiger partial charge in [-0.05, 0) is 139 Å².